The van der Waals surface area contributed by atoms with Crippen molar-refractivity contribution in [3.8, 4) is 0 Å². The fourth-order valence-corrected chi connectivity index (χ4v) is 1.73. The molecule has 0 unspecified atom stereocenters. The molecule has 70 valence electrons. The molecular weight excluding hydrogens is 162 g/mol. The van der Waals surface area contributed by atoms with Gasteiger partial charge in [-0.25, -0.2) is 0 Å². The fourth-order valence-electron chi connectivity index (χ4n) is 1.73. The Balaban J connectivity index is 1.92. The van der Waals surface area contributed by atoms with E-state index in [2.05, 4.69) is 29.2 Å². The second-order valence-corrected chi connectivity index (χ2v) is 3.58. The minimum absolute atomic E-state index is 0.298. The largest absolute Gasteiger partial charge is 0.395 e. The van der Waals surface area contributed by atoms with Crippen LogP contribution in [-0.4, -0.2) is 29.2 Å². The maximum Gasteiger partial charge on any atom is 0.0587 e. The summed E-state index contributed by atoms with van der Waals surface area (Å²) in [6.45, 7) is 2.40. The first kappa shape index (κ1) is 8.73. The van der Waals surface area contributed by atoms with Gasteiger partial charge in [0.2, 0.25) is 0 Å². The topological polar surface area (TPSA) is 23.5 Å². The predicted octanol–water partition coefficient (Wildman–Crippen LogP) is 1.25. The first-order valence-electron chi connectivity index (χ1n) is 4.79. The van der Waals surface area contributed by atoms with Gasteiger partial charge in [0.25, 0.3) is 0 Å². The Morgan fingerprint density at radius 2 is 2.08 bits per heavy atom. The molecule has 0 bridgehead atoms. The Morgan fingerprint density at radius 3 is 2.62 bits per heavy atom. The van der Waals surface area contributed by atoms with Gasteiger partial charge in [-0.15, -0.1) is 0 Å². The Bertz CT molecular complexity index is 258. The van der Waals surface area contributed by atoms with E-state index in [0.29, 0.717) is 12.6 Å². The number of hydrogen-bond acceptors (Lipinski definition) is 2. The smallest absolute Gasteiger partial charge is 0.0587 e. The highest BCUT2D eigenvalue weighted by Gasteiger charge is 2.26. The molecule has 0 amide bonds. The second kappa shape index (κ2) is 3.90. The Kier molecular flexibility index (Phi) is 2.62. The van der Waals surface area contributed by atoms with E-state index in [-0.39, 0.29) is 0 Å². The molecule has 1 atom stereocenters. The zero-order valence-electron chi connectivity index (χ0n) is 7.69. The van der Waals surface area contributed by atoms with Crippen molar-refractivity contribution in [2.45, 2.75) is 19.0 Å². The summed E-state index contributed by atoms with van der Waals surface area (Å²) in [6, 6.07) is 10.8. The third kappa shape index (κ3) is 1.90. The number of benzene rings is 1. The van der Waals surface area contributed by atoms with Crippen LogP contribution < -0.4 is 0 Å². The predicted molar refractivity (Wildman–Crippen MR) is 52.3 cm³/mol. The lowest BCUT2D eigenvalue weighted by molar-refractivity contribution is 0.0356. The van der Waals surface area contributed by atoms with Gasteiger partial charge in [-0.1, -0.05) is 30.3 Å². The maximum atomic E-state index is 8.99. The van der Waals surface area contributed by atoms with Crippen LogP contribution in [0.15, 0.2) is 30.3 Å². The van der Waals surface area contributed by atoms with Crippen molar-refractivity contribution >= 4 is 0 Å². The number of aliphatic hydroxyl groups excluding tert-OH is 1. The van der Waals surface area contributed by atoms with Crippen LogP contribution in [0.25, 0.3) is 0 Å². The summed E-state index contributed by atoms with van der Waals surface area (Å²) in [5.74, 6) is 0. The number of rotatable bonds is 3. The summed E-state index contributed by atoms with van der Waals surface area (Å²) >= 11 is 0. The van der Waals surface area contributed by atoms with E-state index in [4.69, 9.17) is 5.11 Å². The summed E-state index contributed by atoms with van der Waals surface area (Å²) in [5, 5.41) is 8.99. The van der Waals surface area contributed by atoms with Gasteiger partial charge in [0.05, 0.1) is 6.61 Å². The van der Waals surface area contributed by atoms with Crippen LogP contribution in [0, 0.1) is 0 Å². The average molecular weight is 177 g/mol. The molecule has 1 aliphatic rings. The van der Waals surface area contributed by atoms with Gasteiger partial charge >= 0.3 is 0 Å². The molecule has 2 heteroatoms. The Morgan fingerprint density at radius 1 is 1.31 bits per heavy atom. The lowest BCUT2D eigenvalue weighted by Crippen LogP contribution is -2.48. The highest BCUT2D eigenvalue weighted by Crippen LogP contribution is 2.19. The number of aliphatic hydroxyl groups is 1. The fraction of sp³-hybridized carbons (Fsp3) is 0.455. The molecule has 1 saturated heterocycles. The molecule has 0 saturated carbocycles. The van der Waals surface area contributed by atoms with E-state index >= 15 is 0 Å². The van der Waals surface area contributed by atoms with Crippen molar-refractivity contribution in [3.05, 3.63) is 35.9 Å². The summed E-state index contributed by atoms with van der Waals surface area (Å²) in [7, 11) is 0. The van der Waals surface area contributed by atoms with E-state index in [0.717, 1.165) is 19.5 Å². The van der Waals surface area contributed by atoms with Crippen LogP contribution >= 0.6 is 0 Å². The molecule has 2 rings (SSSR count). The molecule has 13 heavy (non-hydrogen) atoms. The molecule has 0 aromatic heterocycles. The van der Waals surface area contributed by atoms with E-state index in [1.807, 2.05) is 6.07 Å². The summed E-state index contributed by atoms with van der Waals surface area (Å²) in [5.41, 5.74) is 1.33. The third-order valence-corrected chi connectivity index (χ3v) is 2.71. The van der Waals surface area contributed by atoms with Crippen LogP contribution in [0.3, 0.4) is 0 Å². The summed E-state index contributed by atoms with van der Waals surface area (Å²) < 4.78 is 0. The normalized spacial score (nSPS) is 22.7. The van der Waals surface area contributed by atoms with Crippen LogP contribution in [0.2, 0.25) is 0 Å². The Hall–Kier alpha value is -0.860. The average Bonchev–Trinajstić information content (AvgIpc) is 2.15. The maximum absolute atomic E-state index is 8.99. The van der Waals surface area contributed by atoms with Gasteiger partial charge in [-0.05, 0) is 12.0 Å². The molecule has 1 fully saturated rings. The molecule has 1 N–H and O–H groups in total. The lowest BCUT2D eigenvalue weighted by Gasteiger charge is -2.39. The van der Waals surface area contributed by atoms with Crippen LogP contribution in [0.5, 0.6) is 0 Å². The molecule has 0 aliphatic carbocycles. The molecule has 1 aromatic carbocycles. The monoisotopic (exact) mass is 177 g/mol. The number of hydrogen-bond donors (Lipinski definition) is 1. The first-order valence-corrected chi connectivity index (χ1v) is 4.79. The van der Waals surface area contributed by atoms with Gasteiger partial charge in [-0.2, -0.15) is 0 Å². The molecule has 1 aliphatic heterocycles. The van der Waals surface area contributed by atoms with Gasteiger partial charge in [0, 0.05) is 19.1 Å². The third-order valence-electron chi connectivity index (χ3n) is 2.71. The molecule has 1 aromatic rings. The SMILES string of the molecule is OC[C@H]1CCN1Cc1ccccc1. The van der Waals surface area contributed by atoms with Crippen molar-refractivity contribution in [3.63, 3.8) is 0 Å². The van der Waals surface area contributed by atoms with Crippen molar-refractivity contribution in [1.29, 1.82) is 0 Å². The molecule has 2 nitrogen and oxygen atoms in total. The van der Waals surface area contributed by atoms with Crippen molar-refractivity contribution in [1.82, 2.24) is 4.90 Å². The zero-order valence-corrected chi connectivity index (χ0v) is 7.69. The van der Waals surface area contributed by atoms with Crippen LogP contribution in [0.1, 0.15) is 12.0 Å². The standard InChI is InChI=1S/C11H15NO/c13-9-11-6-7-12(11)8-10-4-2-1-3-5-10/h1-5,11,13H,6-9H2/t11-/m1/s1. The minimum Gasteiger partial charge on any atom is -0.395 e. The van der Waals surface area contributed by atoms with E-state index in [9.17, 15) is 0 Å². The van der Waals surface area contributed by atoms with Gasteiger partial charge in [0.15, 0.2) is 0 Å². The molecular formula is C11H15NO. The van der Waals surface area contributed by atoms with Crippen LogP contribution in [-0.2, 0) is 6.54 Å². The molecule has 0 radical (unpaired) electrons. The van der Waals surface area contributed by atoms with Crippen molar-refractivity contribution in [2.24, 2.45) is 0 Å². The second-order valence-electron chi connectivity index (χ2n) is 3.58. The van der Waals surface area contributed by atoms with E-state index in [1.54, 1.807) is 0 Å². The lowest BCUT2D eigenvalue weighted by atomic mass is 10.0. The minimum atomic E-state index is 0.298. The van der Waals surface area contributed by atoms with Crippen LogP contribution in [0.4, 0.5) is 0 Å². The highest BCUT2D eigenvalue weighted by atomic mass is 16.3. The highest BCUT2D eigenvalue weighted by molar-refractivity contribution is 5.15. The first-order chi connectivity index (χ1) is 6.40. The van der Waals surface area contributed by atoms with Gasteiger partial charge < -0.3 is 5.11 Å². The van der Waals surface area contributed by atoms with Crippen molar-refractivity contribution < 1.29 is 5.11 Å². The van der Waals surface area contributed by atoms with Gasteiger partial charge in [-0.3, -0.25) is 4.90 Å². The zero-order chi connectivity index (χ0) is 9.10. The Labute approximate surface area is 78.8 Å². The quantitative estimate of drug-likeness (QED) is 0.751. The molecule has 0 spiro atoms. The van der Waals surface area contributed by atoms with Crippen molar-refractivity contribution in [2.75, 3.05) is 13.2 Å². The molecule has 1 heterocycles. The number of nitrogens with zero attached hydrogens (tertiary/aromatic N) is 1. The van der Waals surface area contributed by atoms with Gasteiger partial charge in [0.1, 0.15) is 0 Å². The summed E-state index contributed by atoms with van der Waals surface area (Å²) in [4.78, 5) is 2.31. The number of likely N-dealkylation sites (tertiary alicyclic amines) is 1. The summed E-state index contributed by atoms with van der Waals surface area (Å²) in [6.07, 6.45) is 1.14. The van der Waals surface area contributed by atoms with E-state index < -0.39 is 0 Å². The van der Waals surface area contributed by atoms with E-state index in [1.165, 1.54) is 5.56 Å².